The quantitative estimate of drug-likeness (QED) is 0.462. The molecule has 3 rings (SSSR count). The number of methoxy groups -OCH3 is 2. The van der Waals surface area contributed by atoms with Gasteiger partial charge in [0, 0.05) is 18.7 Å². The number of nitrogens with one attached hydrogen (secondary N) is 1. The highest BCUT2D eigenvalue weighted by atomic mass is 32.2. The van der Waals surface area contributed by atoms with E-state index in [9.17, 15) is 18.0 Å². The van der Waals surface area contributed by atoms with E-state index in [4.69, 9.17) is 9.47 Å². The second-order valence-electron chi connectivity index (χ2n) is 9.84. The molecule has 2 aromatic rings. The molecule has 0 saturated heterocycles. The Balaban J connectivity index is 1.90. The molecule has 1 saturated carbocycles. The maximum absolute atomic E-state index is 13.7. The van der Waals surface area contributed by atoms with Gasteiger partial charge in [-0.2, -0.15) is 0 Å². The molecule has 0 bridgehead atoms. The standard InChI is InChI=1S/C28H39N3O6S/c1-20-11-13-22(14-12-20)18-30(21(2)28(33)29-23-9-7-6-8-10-23)27(32)19-31(38(5,34)35)24-15-16-25(36-3)26(17-24)37-4/h11-17,21,23H,6-10,18-19H2,1-5H3,(H,29,33). The fraction of sp³-hybridized carbons (Fsp3) is 0.500. The first-order valence-corrected chi connectivity index (χ1v) is 14.7. The van der Waals surface area contributed by atoms with Gasteiger partial charge in [0.05, 0.1) is 26.2 Å². The first-order chi connectivity index (χ1) is 18.0. The number of hydrogen-bond acceptors (Lipinski definition) is 6. The lowest BCUT2D eigenvalue weighted by molar-refractivity contribution is -0.139. The summed E-state index contributed by atoms with van der Waals surface area (Å²) in [6.45, 7) is 3.36. The van der Waals surface area contributed by atoms with Gasteiger partial charge in [0.1, 0.15) is 12.6 Å². The predicted octanol–water partition coefficient (Wildman–Crippen LogP) is 3.64. The molecule has 1 aliphatic rings. The van der Waals surface area contributed by atoms with Crippen molar-refractivity contribution in [2.45, 2.75) is 64.6 Å². The van der Waals surface area contributed by atoms with Crippen LogP contribution in [0.2, 0.25) is 0 Å². The Morgan fingerprint density at radius 3 is 2.21 bits per heavy atom. The van der Waals surface area contributed by atoms with Crippen molar-refractivity contribution in [2.24, 2.45) is 0 Å². The Labute approximate surface area is 226 Å². The maximum atomic E-state index is 13.7. The largest absolute Gasteiger partial charge is 0.493 e. The molecule has 208 valence electrons. The predicted molar refractivity (Wildman–Crippen MR) is 148 cm³/mol. The molecule has 0 heterocycles. The van der Waals surface area contributed by atoms with Crippen molar-refractivity contribution in [3.8, 4) is 11.5 Å². The lowest BCUT2D eigenvalue weighted by Gasteiger charge is -2.33. The fourth-order valence-corrected chi connectivity index (χ4v) is 5.48. The third kappa shape index (κ3) is 7.63. The summed E-state index contributed by atoms with van der Waals surface area (Å²) < 4.78 is 37.2. The summed E-state index contributed by atoms with van der Waals surface area (Å²) in [7, 11) is -0.913. The van der Waals surface area contributed by atoms with Gasteiger partial charge in [0.2, 0.25) is 21.8 Å². The zero-order valence-corrected chi connectivity index (χ0v) is 23.7. The summed E-state index contributed by atoms with van der Waals surface area (Å²) in [6, 6.07) is 11.6. The minimum Gasteiger partial charge on any atom is -0.493 e. The number of rotatable bonds is 11. The summed E-state index contributed by atoms with van der Waals surface area (Å²) in [4.78, 5) is 28.4. The van der Waals surface area contributed by atoms with Gasteiger partial charge in [0.25, 0.3) is 0 Å². The molecule has 38 heavy (non-hydrogen) atoms. The number of nitrogens with zero attached hydrogens (tertiary/aromatic N) is 2. The molecule has 1 aliphatic carbocycles. The summed E-state index contributed by atoms with van der Waals surface area (Å²) in [5, 5.41) is 3.10. The number of amides is 2. The van der Waals surface area contributed by atoms with Gasteiger partial charge >= 0.3 is 0 Å². The Morgan fingerprint density at radius 2 is 1.63 bits per heavy atom. The van der Waals surface area contributed by atoms with Crippen molar-refractivity contribution in [2.75, 3.05) is 31.3 Å². The number of aryl methyl sites for hydroxylation is 1. The van der Waals surface area contributed by atoms with E-state index in [1.54, 1.807) is 19.1 Å². The molecular formula is C28H39N3O6S. The van der Waals surface area contributed by atoms with Crippen LogP contribution in [0, 0.1) is 6.92 Å². The summed E-state index contributed by atoms with van der Waals surface area (Å²) in [6.07, 6.45) is 6.19. The second kappa shape index (κ2) is 13.0. The van der Waals surface area contributed by atoms with Crippen molar-refractivity contribution in [1.29, 1.82) is 0 Å². The highest BCUT2D eigenvalue weighted by molar-refractivity contribution is 7.92. The van der Waals surface area contributed by atoms with Crippen LogP contribution >= 0.6 is 0 Å². The molecule has 1 N–H and O–H groups in total. The lowest BCUT2D eigenvalue weighted by Crippen LogP contribution is -2.52. The van der Waals surface area contributed by atoms with E-state index in [0.29, 0.717) is 11.5 Å². The molecule has 0 aliphatic heterocycles. The minimum atomic E-state index is -3.85. The zero-order valence-electron chi connectivity index (χ0n) is 22.9. The highest BCUT2D eigenvalue weighted by Crippen LogP contribution is 2.32. The molecule has 2 aromatic carbocycles. The van der Waals surface area contributed by atoms with Crippen LogP contribution in [0.15, 0.2) is 42.5 Å². The van der Waals surface area contributed by atoms with Crippen LogP contribution in [0.4, 0.5) is 5.69 Å². The van der Waals surface area contributed by atoms with Gasteiger partial charge in [-0.25, -0.2) is 8.42 Å². The minimum absolute atomic E-state index is 0.0920. The van der Waals surface area contributed by atoms with E-state index in [2.05, 4.69) is 5.32 Å². The number of hydrogen-bond donors (Lipinski definition) is 1. The van der Waals surface area contributed by atoms with Crippen LogP contribution in [-0.2, 0) is 26.2 Å². The number of carbonyl (C=O) groups is 2. The van der Waals surface area contributed by atoms with E-state index < -0.39 is 28.5 Å². The van der Waals surface area contributed by atoms with Crippen molar-refractivity contribution in [3.63, 3.8) is 0 Å². The molecule has 10 heteroatoms. The smallest absolute Gasteiger partial charge is 0.244 e. The van der Waals surface area contributed by atoms with E-state index in [-0.39, 0.29) is 24.2 Å². The lowest BCUT2D eigenvalue weighted by atomic mass is 9.95. The molecule has 1 unspecified atom stereocenters. The van der Waals surface area contributed by atoms with Crippen LogP contribution < -0.4 is 19.1 Å². The van der Waals surface area contributed by atoms with Crippen molar-refractivity contribution in [1.82, 2.24) is 10.2 Å². The summed E-state index contributed by atoms with van der Waals surface area (Å²) in [5.41, 5.74) is 2.18. The van der Waals surface area contributed by atoms with Crippen molar-refractivity contribution >= 4 is 27.5 Å². The number of benzene rings is 2. The third-order valence-corrected chi connectivity index (χ3v) is 8.07. The van der Waals surface area contributed by atoms with Gasteiger partial charge in [-0.3, -0.25) is 13.9 Å². The van der Waals surface area contributed by atoms with Gasteiger partial charge in [-0.1, -0.05) is 49.1 Å². The van der Waals surface area contributed by atoms with Gasteiger partial charge in [-0.15, -0.1) is 0 Å². The van der Waals surface area contributed by atoms with Crippen LogP contribution in [0.1, 0.15) is 50.2 Å². The molecular weight excluding hydrogens is 506 g/mol. The first kappa shape index (κ1) is 29.3. The Hall–Kier alpha value is -3.27. The topological polar surface area (TPSA) is 105 Å². The monoisotopic (exact) mass is 545 g/mol. The maximum Gasteiger partial charge on any atom is 0.244 e. The summed E-state index contributed by atoms with van der Waals surface area (Å²) in [5.74, 6) is 0.0410. The normalized spacial score (nSPS) is 14.9. The third-order valence-electron chi connectivity index (χ3n) is 6.93. The molecule has 9 nitrogen and oxygen atoms in total. The van der Waals surface area contributed by atoms with Gasteiger partial charge < -0.3 is 19.7 Å². The molecule has 0 radical (unpaired) electrons. The van der Waals surface area contributed by atoms with E-state index in [0.717, 1.165) is 53.8 Å². The fourth-order valence-electron chi connectivity index (χ4n) is 4.64. The van der Waals surface area contributed by atoms with E-state index in [1.165, 1.54) is 25.2 Å². The van der Waals surface area contributed by atoms with Crippen molar-refractivity contribution < 1.29 is 27.5 Å². The first-order valence-electron chi connectivity index (χ1n) is 12.9. The van der Waals surface area contributed by atoms with Crippen LogP contribution in [0.5, 0.6) is 11.5 Å². The molecule has 2 amide bonds. The Kier molecular flexibility index (Phi) is 10.0. The second-order valence-corrected chi connectivity index (χ2v) is 11.7. The van der Waals surface area contributed by atoms with E-state index >= 15 is 0 Å². The van der Waals surface area contributed by atoms with Crippen LogP contribution in [0.25, 0.3) is 0 Å². The van der Waals surface area contributed by atoms with Crippen LogP contribution in [0.3, 0.4) is 0 Å². The number of sulfonamides is 1. The Morgan fingerprint density at radius 1 is 1.00 bits per heavy atom. The van der Waals surface area contributed by atoms with Crippen LogP contribution in [-0.4, -0.2) is 64.2 Å². The zero-order chi connectivity index (χ0) is 27.9. The number of anilines is 1. The van der Waals surface area contributed by atoms with Gasteiger partial charge in [0.15, 0.2) is 11.5 Å². The SMILES string of the molecule is COc1ccc(N(CC(=O)N(Cc2ccc(C)cc2)C(C)C(=O)NC2CCCCC2)S(C)(=O)=O)cc1OC. The Bertz CT molecular complexity index is 1210. The molecule has 1 fully saturated rings. The summed E-state index contributed by atoms with van der Waals surface area (Å²) >= 11 is 0. The molecule has 1 atom stereocenters. The average molecular weight is 546 g/mol. The number of ether oxygens (including phenoxy) is 2. The van der Waals surface area contributed by atoms with Gasteiger partial charge in [-0.05, 0) is 44.4 Å². The molecule has 0 aromatic heterocycles. The molecule has 0 spiro atoms. The highest BCUT2D eigenvalue weighted by Gasteiger charge is 2.31. The number of carbonyl (C=O) groups excluding carboxylic acids is 2. The van der Waals surface area contributed by atoms with Crippen molar-refractivity contribution in [3.05, 3.63) is 53.6 Å². The van der Waals surface area contributed by atoms with E-state index in [1.807, 2.05) is 31.2 Å². The average Bonchev–Trinajstić information content (AvgIpc) is 2.90.